The second kappa shape index (κ2) is 13.4. The Hall–Kier alpha value is -3.33. The zero-order chi connectivity index (χ0) is 27.9. The molecule has 4 aromatic rings. The molecule has 1 N–H and O–H groups in total. The number of amides is 1. The molecular formula is C31H30ClN3O3S2. The molecule has 0 unspecified atom stereocenters. The predicted molar refractivity (Wildman–Crippen MR) is 166 cm³/mol. The minimum absolute atomic E-state index is 0.102. The standard InChI is InChI=1S/C31H30ClN3O3S2/c1-21-17-25(18-33-34-30(36)20-38-28-11-5-24(6-12-28)31-39-15-16-40-31)22(2)35(21)27-9-13-29(14-10-27)37-19-23-3-7-26(32)8-4-23/h3-14,17-18,31H,15-16,19-20H2,1-2H3,(H,34,36)/b33-18-. The number of benzene rings is 3. The van der Waals surface area contributed by atoms with Gasteiger partial charge in [-0.2, -0.15) is 5.10 Å². The first-order chi connectivity index (χ1) is 19.5. The van der Waals surface area contributed by atoms with Crippen molar-refractivity contribution in [2.24, 2.45) is 5.10 Å². The summed E-state index contributed by atoms with van der Waals surface area (Å²) in [6, 6.07) is 25.6. The van der Waals surface area contributed by atoms with Crippen LogP contribution < -0.4 is 14.9 Å². The molecule has 0 aliphatic carbocycles. The summed E-state index contributed by atoms with van der Waals surface area (Å²) in [6.45, 7) is 4.43. The van der Waals surface area contributed by atoms with Gasteiger partial charge in [0.05, 0.1) is 10.8 Å². The highest BCUT2D eigenvalue weighted by Crippen LogP contribution is 2.45. The largest absolute Gasteiger partial charge is 0.489 e. The molecule has 1 aromatic heterocycles. The Morgan fingerprint density at radius 1 is 0.975 bits per heavy atom. The van der Waals surface area contributed by atoms with Crippen molar-refractivity contribution < 1.29 is 14.3 Å². The zero-order valence-corrected chi connectivity index (χ0v) is 24.7. The van der Waals surface area contributed by atoms with E-state index in [4.69, 9.17) is 21.1 Å². The molecule has 0 saturated carbocycles. The molecule has 0 atom stereocenters. The number of rotatable bonds is 10. The van der Waals surface area contributed by atoms with E-state index in [1.165, 1.54) is 17.1 Å². The number of carbonyl (C=O) groups excluding carboxylic acids is 1. The number of carbonyl (C=O) groups is 1. The lowest BCUT2D eigenvalue weighted by Crippen LogP contribution is -2.24. The van der Waals surface area contributed by atoms with E-state index in [-0.39, 0.29) is 12.5 Å². The Morgan fingerprint density at radius 2 is 1.62 bits per heavy atom. The van der Waals surface area contributed by atoms with E-state index in [9.17, 15) is 4.79 Å². The van der Waals surface area contributed by atoms with Crippen molar-refractivity contribution in [2.75, 3.05) is 18.1 Å². The van der Waals surface area contributed by atoms with Crippen molar-refractivity contribution in [3.8, 4) is 17.2 Å². The maximum atomic E-state index is 12.3. The summed E-state index contributed by atoms with van der Waals surface area (Å²) in [5, 5.41) is 4.86. The average molecular weight is 592 g/mol. The molecule has 40 heavy (non-hydrogen) atoms. The molecule has 206 valence electrons. The number of halogens is 1. The normalized spacial score (nSPS) is 13.6. The van der Waals surface area contributed by atoms with Gasteiger partial charge in [-0.3, -0.25) is 4.79 Å². The van der Waals surface area contributed by atoms with Gasteiger partial charge in [0.25, 0.3) is 5.91 Å². The first-order valence-corrected chi connectivity index (χ1v) is 15.4. The van der Waals surface area contributed by atoms with E-state index < -0.39 is 0 Å². The van der Waals surface area contributed by atoms with E-state index in [0.717, 1.165) is 34.0 Å². The monoisotopic (exact) mass is 591 g/mol. The summed E-state index contributed by atoms with van der Waals surface area (Å²) in [5.74, 6) is 3.52. The Labute approximate surface area is 248 Å². The molecule has 5 rings (SSSR count). The van der Waals surface area contributed by atoms with E-state index in [1.54, 1.807) is 6.21 Å². The number of thioether (sulfide) groups is 2. The Kier molecular flexibility index (Phi) is 9.41. The van der Waals surface area contributed by atoms with Crippen LogP contribution in [0.5, 0.6) is 11.5 Å². The number of hydrazone groups is 1. The third kappa shape index (κ3) is 7.24. The minimum Gasteiger partial charge on any atom is -0.489 e. The van der Waals surface area contributed by atoms with Gasteiger partial charge in [0.15, 0.2) is 6.61 Å². The van der Waals surface area contributed by atoms with Gasteiger partial charge in [-0.15, -0.1) is 23.5 Å². The highest BCUT2D eigenvalue weighted by molar-refractivity contribution is 8.19. The summed E-state index contributed by atoms with van der Waals surface area (Å²) >= 11 is 9.88. The smallest absolute Gasteiger partial charge is 0.277 e. The topological polar surface area (TPSA) is 64.8 Å². The van der Waals surface area contributed by atoms with Gasteiger partial charge in [-0.1, -0.05) is 35.9 Å². The van der Waals surface area contributed by atoms with Crippen LogP contribution in [0, 0.1) is 13.8 Å². The van der Waals surface area contributed by atoms with Crippen molar-refractivity contribution in [2.45, 2.75) is 25.0 Å². The molecule has 9 heteroatoms. The van der Waals surface area contributed by atoms with Gasteiger partial charge in [0, 0.05) is 39.2 Å². The van der Waals surface area contributed by atoms with Gasteiger partial charge >= 0.3 is 0 Å². The lowest BCUT2D eigenvalue weighted by Gasteiger charge is -2.11. The highest BCUT2D eigenvalue weighted by Gasteiger charge is 2.18. The van der Waals surface area contributed by atoms with Crippen LogP contribution >= 0.6 is 35.1 Å². The van der Waals surface area contributed by atoms with Gasteiger partial charge in [0.2, 0.25) is 0 Å². The van der Waals surface area contributed by atoms with Crippen molar-refractivity contribution in [3.05, 3.63) is 112 Å². The average Bonchev–Trinajstić information content (AvgIpc) is 3.60. The Balaban J connectivity index is 1.13. The molecule has 1 saturated heterocycles. The Morgan fingerprint density at radius 3 is 2.33 bits per heavy atom. The fraction of sp³-hybridized carbons (Fsp3) is 0.226. The van der Waals surface area contributed by atoms with E-state index >= 15 is 0 Å². The van der Waals surface area contributed by atoms with Gasteiger partial charge in [-0.05, 0) is 79.6 Å². The maximum absolute atomic E-state index is 12.3. The second-order valence-corrected chi connectivity index (χ2v) is 12.5. The van der Waals surface area contributed by atoms with Crippen LogP contribution in [0.2, 0.25) is 5.02 Å². The lowest BCUT2D eigenvalue weighted by atomic mass is 10.2. The summed E-state index contributed by atoms with van der Waals surface area (Å²) in [7, 11) is 0. The number of aryl methyl sites for hydroxylation is 1. The van der Waals surface area contributed by atoms with Crippen molar-refractivity contribution in [3.63, 3.8) is 0 Å². The van der Waals surface area contributed by atoms with E-state index in [1.807, 2.05) is 104 Å². The first kappa shape index (κ1) is 28.2. The maximum Gasteiger partial charge on any atom is 0.277 e. The SMILES string of the molecule is Cc1cc(/C=N\NC(=O)COc2ccc(C3SCCS3)cc2)c(C)n1-c1ccc(OCc2ccc(Cl)cc2)cc1. The number of hydrogen-bond acceptors (Lipinski definition) is 6. The number of nitrogens with zero attached hydrogens (tertiary/aromatic N) is 2. The molecule has 1 aliphatic heterocycles. The molecule has 1 fully saturated rings. The number of nitrogens with one attached hydrogen (secondary N) is 1. The molecule has 3 aromatic carbocycles. The van der Waals surface area contributed by atoms with Crippen LogP contribution in [-0.4, -0.2) is 34.8 Å². The zero-order valence-electron chi connectivity index (χ0n) is 22.3. The number of aromatic nitrogens is 1. The fourth-order valence-electron chi connectivity index (χ4n) is 4.38. The third-order valence-electron chi connectivity index (χ3n) is 6.42. The summed E-state index contributed by atoms with van der Waals surface area (Å²) < 4.78 is 14.2. The van der Waals surface area contributed by atoms with Gasteiger partial charge in [0.1, 0.15) is 18.1 Å². The summed E-state index contributed by atoms with van der Waals surface area (Å²) in [5.41, 5.74) is 8.90. The molecule has 1 aliphatic rings. The molecule has 0 bridgehead atoms. The molecule has 0 radical (unpaired) electrons. The quantitative estimate of drug-likeness (QED) is 0.154. The fourth-order valence-corrected chi connectivity index (χ4v) is 7.37. The lowest BCUT2D eigenvalue weighted by molar-refractivity contribution is -0.123. The van der Waals surface area contributed by atoms with Crippen LogP contribution in [-0.2, 0) is 11.4 Å². The van der Waals surface area contributed by atoms with Crippen molar-refractivity contribution in [1.82, 2.24) is 9.99 Å². The first-order valence-electron chi connectivity index (χ1n) is 12.9. The predicted octanol–water partition coefficient (Wildman–Crippen LogP) is 7.33. The van der Waals surface area contributed by atoms with Crippen molar-refractivity contribution >= 4 is 47.2 Å². The molecule has 6 nitrogen and oxygen atoms in total. The van der Waals surface area contributed by atoms with Crippen LogP contribution in [0.1, 0.15) is 32.7 Å². The number of hydrogen-bond donors (Lipinski definition) is 1. The molecule has 0 spiro atoms. The Bertz CT molecular complexity index is 1460. The second-order valence-electron chi connectivity index (χ2n) is 9.30. The van der Waals surface area contributed by atoms with Gasteiger partial charge in [-0.25, -0.2) is 5.43 Å². The summed E-state index contributed by atoms with van der Waals surface area (Å²) in [6.07, 6.45) is 1.66. The third-order valence-corrected chi connectivity index (χ3v) is 9.78. The van der Waals surface area contributed by atoms with E-state index in [0.29, 0.717) is 22.0 Å². The van der Waals surface area contributed by atoms with Crippen LogP contribution in [0.3, 0.4) is 0 Å². The number of ether oxygens (including phenoxy) is 2. The highest BCUT2D eigenvalue weighted by atomic mass is 35.5. The molecule has 2 heterocycles. The minimum atomic E-state index is -0.315. The van der Waals surface area contributed by atoms with Gasteiger partial charge < -0.3 is 14.0 Å². The van der Waals surface area contributed by atoms with E-state index in [2.05, 4.69) is 27.2 Å². The van der Waals surface area contributed by atoms with Crippen molar-refractivity contribution in [1.29, 1.82) is 0 Å². The summed E-state index contributed by atoms with van der Waals surface area (Å²) in [4.78, 5) is 12.3. The van der Waals surface area contributed by atoms with Crippen LogP contribution in [0.4, 0.5) is 0 Å². The van der Waals surface area contributed by atoms with Crippen LogP contribution in [0.15, 0.2) is 84.0 Å². The molecule has 1 amide bonds. The van der Waals surface area contributed by atoms with Crippen LogP contribution in [0.25, 0.3) is 5.69 Å². The molecular weight excluding hydrogens is 562 g/mol.